The minimum absolute atomic E-state index is 0.745. The summed E-state index contributed by atoms with van der Waals surface area (Å²) in [5.74, 6) is 0. The van der Waals surface area contributed by atoms with Crippen LogP contribution in [-0.4, -0.2) is 10.9 Å². The third-order valence-corrected chi connectivity index (χ3v) is 5.76. The highest BCUT2D eigenvalue weighted by Gasteiger charge is 2.34. The maximum absolute atomic E-state index is 9.91. The summed E-state index contributed by atoms with van der Waals surface area (Å²) in [7, 11) is -4.94. The molecule has 1 heterocycles. The molecular formula is C27H23ClN2O5. The molecule has 5 rings (SSSR count). The van der Waals surface area contributed by atoms with Gasteiger partial charge >= 0.3 is 0 Å². The molecule has 35 heavy (non-hydrogen) atoms. The molecule has 1 aromatic heterocycles. The number of fused-ring (bicyclic) bond motifs is 1. The lowest BCUT2D eigenvalue weighted by molar-refractivity contribution is -2.00. The lowest BCUT2D eigenvalue weighted by Gasteiger charge is -2.21. The van der Waals surface area contributed by atoms with Gasteiger partial charge in [-0.15, -0.1) is 10.2 Å². The normalized spacial score (nSPS) is 14.1. The summed E-state index contributed by atoms with van der Waals surface area (Å²) >= 11 is 0. The molecule has 0 saturated carbocycles. The van der Waals surface area contributed by atoms with Crippen LogP contribution in [0.1, 0.15) is 24.1 Å². The first-order chi connectivity index (χ1) is 16.9. The third-order valence-electron chi connectivity index (χ3n) is 5.76. The molecule has 4 aromatic rings. The van der Waals surface area contributed by atoms with E-state index in [0.717, 1.165) is 47.6 Å². The zero-order chi connectivity index (χ0) is 24.8. The first kappa shape index (κ1) is 24.5. The number of hydrogen-bond donors (Lipinski definition) is 1. The molecule has 0 unspecified atom stereocenters. The Morgan fingerprint density at radius 1 is 0.714 bits per heavy atom. The van der Waals surface area contributed by atoms with E-state index in [4.69, 9.17) is 18.6 Å². The van der Waals surface area contributed by atoms with Crippen LogP contribution < -0.4 is 23.2 Å². The average molecular weight is 491 g/mol. The number of halogens is 1. The zero-order valence-corrected chi connectivity index (χ0v) is 19.5. The van der Waals surface area contributed by atoms with Gasteiger partial charge in [-0.1, -0.05) is 71.9 Å². The second-order valence-electron chi connectivity index (χ2n) is 7.95. The number of hydrogen-bond acceptors (Lipinski definition) is 6. The molecule has 3 aromatic carbocycles. The maximum Gasteiger partial charge on any atom is 0.240 e. The molecule has 0 radical (unpaired) electrons. The van der Waals surface area contributed by atoms with Crippen molar-refractivity contribution in [2.45, 2.75) is 19.3 Å². The molecule has 0 fully saturated rings. The third kappa shape index (κ3) is 5.92. The lowest BCUT2D eigenvalue weighted by Crippen LogP contribution is -2.68. The first-order valence-corrected chi connectivity index (χ1v) is 12.2. The van der Waals surface area contributed by atoms with Crippen molar-refractivity contribution in [3.8, 4) is 28.1 Å². The number of rotatable bonds is 3. The van der Waals surface area contributed by atoms with E-state index in [0.29, 0.717) is 0 Å². The van der Waals surface area contributed by atoms with Gasteiger partial charge in [0.15, 0.2) is 5.71 Å². The van der Waals surface area contributed by atoms with Gasteiger partial charge in [0.2, 0.25) is 17.1 Å². The summed E-state index contributed by atoms with van der Waals surface area (Å²) in [5.41, 5.74) is 8.67. The van der Waals surface area contributed by atoms with Crippen LogP contribution in [0.3, 0.4) is 0 Å². The van der Waals surface area contributed by atoms with Crippen LogP contribution in [0.15, 0.2) is 102 Å². The van der Waals surface area contributed by atoms with Crippen LogP contribution in [0.2, 0.25) is 0 Å². The molecule has 0 spiro atoms. The fourth-order valence-electron chi connectivity index (χ4n) is 4.42. The van der Waals surface area contributed by atoms with Crippen molar-refractivity contribution in [2.24, 2.45) is 5.16 Å². The second kappa shape index (κ2) is 10.8. The van der Waals surface area contributed by atoms with E-state index in [1.807, 2.05) is 30.3 Å². The maximum atomic E-state index is 9.91. The molecule has 1 N–H and O–H groups in total. The first-order valence-electron chi connectivity index (χ1n) is 11.0. The Bertz CT molecular complexity index is 1300. The Balaban J connectivity index is 0.000000527. The number of para-hydroxylation sites is 1. The predicted molar refractivity (Wildman–Crippen MR) is 120 cm³/mol. The number of benzene rings is 3. The Morgan fingerprint density at radius 3 is 1.77 bits per heavy atom. The van der Waals surface area contributed by atoms with Gasteiger partial charge in [-0.3, -0.25) is 0 Å². The Hall–Kier alpha value is -3.59. The molecule has 7 nitrogen and oxygen atoms in total. The molecule has 0 atom stereocenters. The molecule has 178 valence electrons. The Kier molecular flexibility index (Phi) is 7.55. The summed E-state index contributed by atoms with van der Waals surface area (Å²) in [6.07, 6.45) is 2.70. The molecule has 0 amide bonds. The van der Waals surface area contributed by atoms with Gasteiger partial charge in [-0.25, -0.2) is 18.6 Å². The van der Waals surface area contributed by atoms with Crippen molar-refractivity contribution >= 4 is 5.71 Å². The SMILES string of the molecule is O/N=C1\CCCc2c(-c3ccccc3)cc(-c3ccccc3)[n+](-c3ccccc3)c21.[O-][Cl+3]([O-])([O-])[O-]. The Labute approximate surface area is 205 Å². The second-order valence-corrected chi connectivity index (χ2v) is 8.71. The highest BCUT2D eigenvalue weighted by molar-refractivity contribution is 6.01. The van der Waals surface area contributed by atoms with Crippen molar-refractivity contribution in [3.63, 3.8) is 0 Å². The molecular weight excluding hydrogens is 468 g/mol. The zero-order valence-electron chi connectivity index (χ0n) is 18.7. The lowest BCUT2D eigenvalue weighted by atomic mass is 9.86. The van der Waals surface area contributed by atoms with Gasteiger partial charge in [-0.05, 0) is 36.1 Å². The van der Waals surface area contributed by atoms with Crippen molar-refractivity contribution in [1.82, 2.24) is 0 Å². The molecule has 8 heteroatoms. The van der Waals surface area contributed by atoms with Crippen molar-refractivity contribution in [2.75, 3.05) is 0 Å². The van der Waals surface area contributed by atoms with Crippen molar-refractivity contribution in [1.29, 1.82) is 0 Å². The van der Waals surface area contributed by atoms with Gasteiger partial charge in [0.25, 0.3) is 0 Å². The number of aromatic nitrogens is 1. The summed E-state index contributed by atoms with van der Waals surface area (Å²) < 4.78 is 36.2. The largest absolute Gasteiger partial charge is 0.410 e. The van der Waals surface area contributed by atoms with E-state index in [-0.39, 0.29) is 0 Å². The number of oxime groups is 1. The van der Waals surface area contributed by atoms with Gasteiger partial charge in [0.05, 0.1) is 0 Å². The standard InChI is InChI=1S/C27H22N2O.ClHO4/c30-28-25-18-10-17-23-24(20-11-4-1-5-12-20)19-26(21-13-6-2-7-14-21)29(27(23)25)22-15-8-3-9-16-22;2-1(3,4)5/h1-9,11-16,19H,10,17-18H2;(H,2,3,4,5). The minimum Gasteiger partial charge on any atom is -0.410 e. The van der Waals surface area contributed by atoms with Crippen molar-refractivity contribution in [3.05, 3.63) is 108 Å². The van der Waals surface area contributed by atoms with Crippen LogP contribution in [0.25, 0.3) is 28.1 Å². The van der Waals surface area contributed by atoms with Crippen LogP contribution >= 0.6 is 0 Å². The van der Waals surface area contributed by atoms with Crippen LogP contribution in [0.4, 0.5) is 0 Å². The molecule has 0 saturated heterocycles. The van der Waals surface area contributed by atoms with Crippen LogP contribution in [0.5, 0.6) is 0 Å². The van der Waals surface area contributed by atoms with Gasteiger partial charge in [0, 0.05) is 35.7 Å². The van der Waals surface area contributed by atoms with Gasteiger partial charge in [0.1, 0.15) is 0 Å². The Morgan fingerprint density at radius 2 is 1.23 bits per heavy atom. The van der Waals surface area contributed by atoms with E-state index in [1.54, 1.807) is 0 Å². The topological polar surface area (TPSA) is 129 Å². The fourth-order valence-corrected chi connectivity index (χ4v) is 4.42. The number of pyridine rings is 1. The fraction of sp³-hybridized carbons (Fsp3) is 0.111. The molecule has 0 bridgehead atoms. The predicted octanol–water partition coefficient (Wildman–Crippen LogP) is 1.06. The molecule has 0 aliphatic heterocycles. The minimum atomic E-state index is -4.94. The summed E-state index contributed by atoms with van der Waals surface area (Å²) in [4.78, 5) is 0. The summed E-state index contributed by atoms with van der Waals surface area (Å²) in [6, 6.07) is 33.6. The van der Waals surface area contributed by atoms with Crippen molar-refractivity contribution < 1.29 is 38.7 Å². The highest BCUT2D eigenvalue weighted by atomic mass is 35.7. The van der Waals surface area contributed by atoms with E-state index >= 15 is 0 Å². The van der Waals surface area contributed by atoms with Gasteiger partial charge in [-0.2, -0.15) is 4.57 Å². The highest BCUT2D eigenvalue weighted by Crippen LogP contribution is 2.34. The molecule has 1 aliphatic rings. The quantitative estimate of drug-likeness (QED) is 0.261. The smallest absolute Gasteiger partial charge is 0.240 e. The van der Waals surface area contributed by atoms with Gasteiger partial charge < -0.3 is 5.21 Å². The molecule has 1 aliphatic carbocycles. The number of nitrogens with zero attached hydrogens (tertiary/aromatic N) is 2. The van der Waals surface area contributed by atoms with E-state index < -0.39 is 10.2 Å². The van der Waals surface area contributed by atoms with E-state index in [2.05, 4.69) is 76.5 Å². The van der Waals surface area contributed by atoms with Crippen LogP contribution in [-0.2, 0) is 6.42 Å². The summed E-state index contributed by atoms with van der Waals surface area (Å²) in [6.45, 7) is 0. The van der Waals surface area contributed by atoms with Crippen LogP contribution in [0, 0.1) is 10.2 Å². The van der Waals surface area contributed by atoms with E-state index in [1.165, 1.54) is 16.7 Å². The summed E-state index contributed by atoms with van der Waals surface area (Å²) in [5, 5.41) is 13.6. The monoisotopic (exact) mass is 490 g/mol. The van der Waals surface area contributed by atoms with E-state index in [9.17, 15) is 5.21 Å². The average Bonchev–Trinajstić information content (AvgIpc) is 2.88.